The second-order valence-electron chi connectivity index (χ2n) is 4.58. The van der Waals surface area contributed by atoms with Crippen molar-refractivity contribution in [2.75, 3.05) is 0 Å². The van der Waals surface area contributed by atoms with Crippen molar-refractivity contribution in [1.29, 1.82) is 0 Å². The first-order valence-electron chi connectivity index (χ1n) is 6.31. The molecule has 1 atom stereocenters. The monoisotopic (exact) mass is 291 g/mol. The Balaban J connectivity index is 2.06. The number of carbonyl (C=O) groups is 1. The molecule has 1 N–H and O–H groups in total. The van der Waals surface area contributed by atoms with E-state index in [1.54, 1.807) is 24.3 Å². The Morgan fingerprint density at radius 3 is 2.55 bits per heavy atom. The molecule has 0 saturated heterocycles. The van der Waals surface area contributed by atoms with E-state index in [2.05, 4.69) is 5.32 Å². The van der Waals surface area contributed by atoms with Crippen LogP contribution in [0.25, 0.3) is 0 Å². The van der Waals surface area contributed by atoms with E-state index in [1.165, 1.54) is 12.1 Å². The van der Waals surface area contributed by atoms with E-state index in [0.29, 0.717) is 11.4 Å². The fraction of sp³-hybridized carbons (Fsp3) is 0.188. The van der Waals surface area contributed by atoms with Crippen molar-refractivity contribution in [2.24, 2.45) is 0 Å². The predicted octanol–water partition coefficient (Wildman–Crippen LogP) is 4.06. The maximum Gasteiger partial charge on any atom is 0.251 e. The first-order chi connectivity index (χ1) is 9.60. The van der Waals surface area contributed by atoms with Crippen molar-refractivity contribution in [2.45, 2.75) is 18.8 Å². The van der Waals surface area contributed by atoms with Crippen molar-refractivity contribution >= 4 is 17.5 Å². The SMILES string of the molecule is C[C@@H](NC(=O)c1ccc(CCl)cc1)c1cccc(F)c1. The van der Waals surface area contributed by atoms with Crippen molar-refractivity contribution in [3.8, 4) is 0 Å². The Kier molecular flexibility index (Phi) is 4.74. The number of alkyl halides is 1. The topological polar surface area (TPSA) is 29.1 Å². The van der Waals surface area contributed by atoms with E-state index in [9.17, 15) is 9.18 Å². The molecule has 2 rings (SSSR count). The van der Waals surface area contributed by atoms with Gasteiger partial charge in [-0.1, -0.05) is 24.3 Å². The molecule has 0 heterocycles. The normalized spacial score (nSPS) is 11.9. The molecule has 2 aromatic rings. The molecule has 0 aliphatic rings. The lowest BCUT2D eigenvalue weighted by Crippen LogP contribution is -2.26. The molecule has 0 aromatic heterocycles. The number of rotatable bonds is 4. The van der Waals surface area contributed by atoms with Crippen LogP contribution in [0.3, 0.4) is 0 Å². The summed E-state index contributed by atoms with van der Waals surface area (Å²) in [5.74, 6) is -0.0837. The van der Waals surface area contributed by atoms with E-state index in [4.69, 9.17) is 11.6 Å². The zero-order valence-corrected chi connectivity index (χ0v) is 11.8. The quantitative estimate of drug-likeness (QED) is 0.846. The van der Waals surface area contributed by atoms with Gasteiger partial charge in [-0.2, -0.15) is 0 Å². The van der Waals surface area contributed by atoms with Gasteiger partial charge in [0.2, 0.25) is 0 Å². The number of halogens is 2. The highest BCUT2D eigenvalue weighted by atomic mass is 35.5. The van der Waals surface area contributed by atoms with Crippen LogP contribution in [0.2, 0.25) is 0 Å². The molecule has 2 aromatic carbocycles. The van der Waals surface area contributed by atoms with Gasteiger partial charge in [-0.3, -0.25) is 4.79 Å². The van der Waals surface area contributed by atoms with Gasteiger partial charge in [-0.25, -0.2) is 4.39 Å². The van der Waals surface area contributed by atoms with Crippen molar-refractivity contribution in [3.63, 3.8) is 0 Å². The van der Waals surface area contributed by atoms with Gasteiger partial charge in [0.1, 0.15) is 5.82 Å². The molecule has 0 radical (unpaired) electrons. The van der Waals surface area contributed by atoms with Gasteiger partial charge in [-0.15, -0.1) is 11.6 Å². The average Bonchev–Trinajstić information content (AvgIpc) is 2.47. The zero-order chi connectivity index (χ0) is 14.5. The predicted molar refractivity (Wildman–Crippen MR) is 78.3 cm³/mol. The standard InChI is InChI=1S/C16H15ClFNO/c1-11(14-3-2-4-15(18)9-14)19-16(20)13-7-5-12(10-17)6-8-13/h2-9,11H,10H2,1H3,(H,19,20)/t11-/m1/s1. The van der Waals surface area contributed by atoms with Crippen molar-refractivity contribution in [1.82, 2.24) is 5.32 Å². The summed E-state index contributed by atoms with van der Waals surface area (Å²) in [4.78, 5) is 12.1. The van der Waals surface area contributed by atoms with E-state index >= 15 is 0 Å². The lowest BCUT2D eigenvalue weighted by atomic mass is 10.1. The summed E-state index contributed by atoms with van der Waals surface area (Å²) in [6.07, 6.45) is 0. The van der Waals surface area contributed by atoms with Crippen LogP contribution in [-0.2, 0) is 5.88 Å². The first-order valence-corrected chi connectivity index (χ1v) is 6.85. The molecule has 0 unspecified atom stereocenters. The van der Waals surface area contributed by atoms with Crippen LogP contribution >= 0.6 is 11.6 Å². The highest BCUT2D eigenvalue weighted by Gasteiger charge is 2.11. The molecule has 4 heteroatoms. The summed E-state index contributed by atoms with van der Waals surface area (Å²) < 4.78 is 13.1. The minimum atomic E-state index is -0.310. The summed E-state index contributed by atoms with van der Waals surface area (Å²) in [5, 5.41) is 2.84. The third-order valence-corrected chi connectivity index (χ3v) is 3.38. The van der Waals surface area contributed by atoms with Gasteiger partial charge in [0.25, 0.3) is 5.91 Å². The third kappa shape index (κ3) is 3.58. The fourth-order valence-electron chi connectivity index (χ4n) is 1.88. The maximum atomic E-state index is 13.1. The molecule has 20 heavy (non-hydrogen) atoms. The van der Waals surface area contributed by atoms with Crippen LogP contribution in [0.1, 0.15) is 34.5 Å². The van der Waals surface area contributed by atoms with Crippen molar-refractivity contribution < 1.29 is 9.18 Å². The number of nitrogens with one attached hydrogen (secondary N) is 1. The molecular formula is C16H15ClFNO. The number of amides is 1. The van der Waals surface area contributed by atoms with E-state index < -0.39 is 0 Å². The Bertz CT molecular complexity index is 598. The Labute approximate surface area is 122 Å². The fourth-order valence-corrected chi connectivity index (χ4v) is 2.06. The summed E-state index contributed by atoms with van der Waals surface area (Å²) in [5.41, 5.74) is 2.25. The average molecular weight is 292 g/mol. The molecular weight excluding hydrogens is 277 g/mol. The lowest BCUT2D eigenvalue weighted by molar-refractivity contribution is 0.0940. The van der Waals surface area contributed by atoms with E-state index in [0.717, 1.165) is 11.1 Å². The second kappa shape index (κ2) is 6.53. The highest BCUT2D eigenvalue weighted by molar-refractivity contribution is 6.17. The second-order valence-corrected chi connectivity index (χ2v) is 4.85. The maximum absolute atomic E-state index is 13.1. The van der Waals surface area contributed by atoms with Gasteiger partial charge in [0.15, 0.2) is 0 Å². The minimum Gasteiger partial charge on any atom is -0.346 e. The van der Waals surface area contributed by atoms with E-state index in [1.807, 2.05) is 19.1 Å². The lowest BCUT2D eigenvalue weighted by Gasteiger charge is -2.14. The molecule has 1 amide bonds. The third-order valence-electron chi connectivity index (χ3n) is 3.07. The zero-order valence-electron chi connectivity index (χ0n) is 11.1. The molecule has 0 spiro atoms. The minimum absolute atomic E-state index is 0.192. The van der Waals surface area contributed by atoms with Crippen molar-refractivity contribution in [3.05, 3.63) is 71.0 Å². The van der Waals surface area contributed by atoms with Crippen LogP contribution < -0.4 is 5.32 Å². The first kappa shape index (κ1) is 14.5. The molecule has 0 aliphatic carbocycles. The summed E-state index contributed by atoms with van der Waals surface area (Å²) in [6.45, 7) is 1.82. The van der Waals surface area contributed by atoms with Gasteiger partial charge in [-0.05, 0) is 42.3 Å². The molecule has 104 valence electrons. The molecule has 0 saturated carbocycles. The Morgan fingerprint density at radius 2 is 1.95 bits per heavy atom. The van der Waals surface area contributed by atoms with Gasteiger partial charge in [0, 0.05) is 11.4 Å². The number of benzene rings is 2. The molecule has 0 fully saturated rings. The van der Waals surface area contributed by atoms with Gasteiger partial charge < -0.3 is 5.32 Å². The smallest absolute Gasteiger partial charge is 0.251 e. The Morgan fingerprint density at radius 1 is 1.25 bits per heavy atom. The van der Waals surface area contributed by atoms with Crippen LogP contribution in [0.4, 0.5) is 4.39 Å². The molecule has 2 nitrogen and oxygen atoms in total. The Hall–Kier alpha value is -1.87. The van der Waals surface area contributed by atoms with Crippen LogP contribution in [0, 0.1) is 5.82 Å². The van der Waals surface area contributed by atoms with E-state index in [-0.39, 0.29) is 17.8 Å². The van der Waals surface area contributed by atoms with Crippen LogP contribution in [0.5, 0.6) is 0 Å². The number of hydrogen-bond acceptors (Lipinski definition) is 1. The van der Waals surface area contributed by atoms with Gasteiger partial charge in [0.05, 0.1) is 6.04 Å². The van der Waals surface area contributed by atoms with Gasteiger partial charge >= 0.3 is 0 Å². The summed E-state index contributed by atoms with van der Waals surface area (Å²) >= 11 is 5.70. The number of hydrogen-bond donors (Lipinski definition) is 1. The molecule has 0 bridgehead atoms. The van der Waals surface area contributed by atoms with Crippen LogP contribution in [0.15, 0.2) is 48.5 Å². The summed E-state index contributed by atoms with van der Waals surface area (Å²) in [6, 6.07) is 13.0. The van der Waals surface area contributed by atoms with Crippen LogP contribution in [-0.4, -0.2) is 5.91 Å². The highest BCUT2D eigenvalue weighted by Crippen LogP contribution is 2.15. The summed E-state index contributed by atoms with van der Waals surface area (Å²) in [7, 11) is 0. The largest absolute Gasteiger partial charge is 0.346 e. The molecule has 0 aliphatic heterocycles. The number of carbonyl (C=O) groups excluding carboxylic acids is 1.